The van der Waals surface area contributed by atoms with Crippen LogP contribution in [-0.4, -0.2) is 32.2 Å². The van der Waals surface area contributed by atoms with E-state index < -0.39 is 39.1 Å². The number of benzene rings is 1. The molecule has 1 rings (SSSR count). The molecule has 7 nitrogen and oxygen atoms in total. The first-order valence-corrected chi connectivity index (χ1v) is 6.08. The van der Waals surface area contributed by atoms with Crippen LogP contribution in [0.3, 0.4) is 0 Å². The van der Waals surface area contributed by atoms with Crippen LogP contribution in [0.1, 0.15) is 38.1 Å². The topological polar surface area (TPSA) is 113 Å². The van der Waals surface area contributed by atoms with Crippen LogP contribution in [0.5, 0.6) is 0 Å². The van der Waals surface area contributed by atoms with Gasteiger partial charge >= 0.3 is 5.97 Å². The van der Waals surface area contributed by atoms with E-state index in [0.29, 0.717) is 6.07 Å². The second kappa shape index (κ2) is 5.28. The van der Waals surface area contributed by atoms with Crippen molar-refractivity contribution in [2.24, 2.45) is 0 Å². The molecule has 0 aliphatic carbocycles. The van der Waals surface area contributed by atoms with Gasteiger partial charge in [-0.05, 0) is 27.7 Å². The van der Waals surface area contributed by atoms with Crippen LogP contribution < -0.4 is 5.32 Å². The molecule has 0 aliphatic rings. The molecule has 3 N–H and O–H groups in total. The number of aliphatic hydroxyl groups is 1. The number of aromatic carboxylic acids is 1. The van der Waals surface area contributed by atoms with Gasteiger partial charge in [0.25, 0.3) is 5.69 Å². The van der Waals surface area contributed by atoms with Gasteiger partial charge in [-0.2, -0.15) is 0 Å². The molecule has 0 saturated carbocycles. The van der Waals surface area contributed by atoms with E-state index in [2.05, 4.69) is 5.32 Å². The molecule has 0 bridgehead atoms. The zero-order valence-corrected chi connectivity index (χ0v) is 12.1. The van der Waals surface area contributed by atoms with Crippen molar-refractivity contribution >= 4 is 17.3 Å². The Hall–Kier alpha value is -2.22. The van der Waals surface area contributed by atoms with Gasteiger partial charge in [-0.25, -0.2) is 9.18 Å². The molecule has 0 spiro atoms. The maximum Gasteiger partial charge on any atom is 0.338 e. The van der Waals surface area contributed by atoms with Gasteiger partial charge < -0.3 is 15.5 Å². The molecular formula is C13H17FN2O5. The molecule has 1 aromatic rings. The Morgan fingerprint density at radius 2 is 1.86 bits per heavy atom. The van der Waals surface area contributed by atoms with Crippen LogP contribution in [0.2, 0.25) is 0 Å². The number of carboxylic acid groups (broad SMARTS) is 1. The molecule has 0 radical (unpaired) electrons. The Morgan fingerprint density at radius 1 is 1.33 bits per heavy atom. The average Bonchev–Trinajstić information content (AvgIpc) is 2.25. The molecule has 21 heavy (non-hydrogen) atoms. The van der Waals surface area contributed by atoms with E-state index in [9.17, 15) is 24.4 Å². The van der Waals surface area contributed by atoms with Gasteiger partial charge in [0.15, 0.2) is 0 Å². The number of hydrogen-bond acceptors (Lipinski definition) is 5. The van der Waals surface area contributed by atoms with Crippen molar-refractivity contribution in [1.82, 2.24) is 0 Å². The quantitative estimate of drug-likeness (QED) is 0.568. The molecule has 0 aliphatic heterocycles. The van der Waals surface area contributed by atoms with Crippen LogP contribution >= 0.6 is 0 Å². The average molecular weight is 300 g/mol. The van der Waals surface area contributed by atoms with E-state index in [1.807, 2.05) is 0 Å². The highest BCUT2D eigenvalue weighted by atomic mass is 19.1. The number of rotatable bonds is 5. The summed E-state index contributed by atoms with van der Waals surface area (Å²) in [5.41, 5.74) is -3.84. The fourth-order valence-corrected chi connectivity index (χ4v) is 1.47. The molecule has 0 saturated heterocycles. The van der Waals surface area contributed by atoms with E-state index in [1.54, 1.807) is 13.8 Å². The van der Waals surface area contributed by atoms with Crippen molar-refractivity contribution in [1.29, 1.82) is 0 Å². The van der Waals surface area contributed by atoms with Crippen molar-refractivity contribution in [3.8, 4) is 0 Å². The van der Waals surface area contributed by atoms with Crippen LogP contribution in [0.4, 0.5) is 15.8 Å². The monoisotopic (exact) mass is 300 g/mol. The Morgan fingerprint density at radius 3 is 2.24 bits per heavy atom. The first-order chi connectivity index (χ1) is 9.36. The summed E-state index contributed by atoms with van der Waals surface area (Å²) >= 11 is 0. The lowest BCUT2D eigenvalue weighted by molar-refractivity contribution is -0.384. The molecule has 1 aromatic carbocycles. The lowest BCUT2D eigenvalue weighted by Gasteiger charge is -2.38. The number of carbonyl (C=O) groups is 1. The first kappa shape index (κ1) is 16.8. The van der Waals surface area contributed by atoms with Crippen LogP contribution in [-0.2, 0) is 0 Å². The molecular weight excluding hydrogens is 283 g/mol. The number of hydrogen-bond donors (Lipinski definition) is 3. The molecule has 0 fully saturated rings. The van der Waals surface area contributed by atoms with Crippen molar-refractivity contribution in [2.45, 2.75) is 38.8 Å². The Labute approximate surface area is 120 Å². The van der Waals surface area contributed by atoms with E-state index >= 15 is 0 Å². The van der Waals surface area contributed by atoms with Crippen LogP contribution in [0, 0.1) is 15.9 Å². The zero-order chi connectivity index (χ0) is 16.6. The first-order valence-electron chi connectivity index (χ1n) is 6.08. The summed E-state index contributed by atoms with van der Waals surface area (Å²) in [5, 5.41) is 32.6. The summed E-state index contributed by atoms with van der Waals surface area (Å²) in [6, 6.07) is 1.40. The largest absolute Gasteiger partial charge is 0.478 e. The zero-order valence-electron chi connectivity index (χ0n) is 12.1. The van der Waals surface area contributed by atoms with Crippen LogP contribution in [0.25, 0.3) is 0 Å². The Kier molecular flexibility index (Phi) is 4.24. The normalized spacial score (nSPS) is 12.1. The predicted molar refractivity (Wildman–Crippen MR) is 74.0 cm³/mol. The van der Waals surface area contributed by atoms with E-state index in [4.69, 9.17) is 5.11 Å². The van der Waals surface area contributed by atoms with Crippen molar-refractivity contribution < 1.29 is 24.3 Å². The lowest BCUT2D eigenvalue weighted by Crippen LogP contribution is -2.51. The molecule has 8 heteroatoms. The highest BCUT2D eigenvalue weighted by molar-refractivity contribution is 5.90. The predicted octanol–water partition coefficient (Wildman–Crippen LogP) is 2.39. The number of anilines is 1. The van der Waals surface area contributed by atoms with Gasteiger partial charge in [0, 0.05) is 12.1 Å². The third kappa shape index (κ3) is 3.46. The van der Waals surface area contributed by atoms with Gasteiger partial charge in [0.2, 0.25) is 0 Å². The molecule has 0 heterocycles. The number of nitro benzene ring substituents is 1. The van der Waals surface area contributed by atoms with E-state index in [0.717, 1.165) is 6.07 Å². The van der Waals surface area contributed by atoms with E-state index in [1.165, 1.54) is 13.8 Å². The summed E-state index contributed by atoms with van der Waals surface area (Å²) in [6.45, 7) is 6.15. The second-order valence-electron chi connectivity index (χ2n) is 5.72. The third-order valence-corrected chi connectivity index (χ3v) is 3.49. The summed E-state index contributed by atoms with van der Waals surface area (Å²) in [5.74, 6) is -2.69. The molecule has 0 atom stereocenters. The summed E-state index contributed by atoms with van der Waals surface area (Å²) in [4.78, 5) is 21.0. The van der Waals surface area contributed by atoms with Gasteiger partial charge in [-0.1, -0.05) is 0 Å². The molecule has 0 amide bonds. The summed E-state index contributed by atoms with van der Waals surface area (Å²) in [7, 11) is 0. The lowest BCUT2D eigenvalue weighted by atomic mass is 9.85. The number of carboxylic acids is 1. The van der Waals surface area contributed by atoms with Gasteiger partial charge in [-0.15, -0.1) is 0 Å². The number of halogens is 1. The summed E-state index contributed by atoms with van der Waals surface area (Å²) in [6.07, 6.45) is 0. The van der Waals surface area contributed by atoms with Gasteiger partial charge in [0.05, 0.1) is 16.1 Å². The SMILES string of the molecule is CC(C)(O)C(C)(C)Nc1cc(F)c(C(=O)O)cc1[N+](=O)[O-]. The maximum absolute atomic E-state index is 13.7. The van der Waals surface area contributed by atoms with Crippen molar-refractivity contribution in [3.05, 3.63) is 33.6 Å². The number of nitro groups is 1. The maximum atomic E-state index is 13.7. The van der Waals surface area contributed by atoms with Gasteiger partial charge in [0.1, 0.15) is 17.1 Å². The van der Waals surface area contributed by atoms with Crippen molar-refractivity contribution in [2.75, 3.05) is 5.32 Å². The Bertz CT molecular complexity index is 593. The molecule has 0 unspecified atom stereocenters. The number of nitrogens with one attached hydrogen (secondary N) is 1. The highest BCUT2D eigenvalue weighted by Crippen LogP contribution is 2.33. The fourth-order valence-electron chi connectivity index (χ4n) is 1.47. The molecule has 0 aromatic heterocycles. The summed E-state index contributed by atoms with van der Waals surface area (Å²) < 4.78 is 13.7. The minimum Gasteiger partial charge on any atom is -0.478 e. The van der Waals surface area contributed by atoms with Crippen molar-refractivity contribution in [3.63, 3.8) is 0 Å². The highest BCUT2D eigenvalue weighted by Gasteiger charge is 2.37. The van der Waals surface area contributed by atoms with E-state index in [-0.39, 0.29) is 5.69 Å². The standard InChI is InChI=1S/C13H17FN2O5/c1-12(2,13(3,4)19)15-9-6-8(14)7(11(17)18)5-10(9)16(20)21/h5-6,15,19H,1-4H3,(H,17,18). The molecule has 116 valence electrons. The van der Waals surface area contributed by atoms with Gasteiger partial charge in [-0.3, -0.25) is 10.1 Å². The smallest absolute Gasteiger partial charge is 0.338 e. The minimum absolute atomic E-state index is 0.199. The second-order valence-corrected chi connectivity index (χ2v) is 5.72. The number of nitrogens with zero attached hydrogens (tertiary/aromatic N) is 1. The third-order valence-electron chi connectivity index (χ3n) is 3.49. The Balaban J connectivity index is 3.40. The fraction of sp³-hybridized carbons (Fsp3) is 0.462. The minimum atomic E-state index is -1.59. The van der Waals surface area contributed by atoms with Crippen LogP contribution in [0.15, 0.2) is 12.1 Å².